The topological polar surface area (TPSA) is 48.5 Å². The third kappa shape index (κ3) is 5.35. The summed E-state index contributed by atoms with van der Waals surface area (Å²) in [7, 11) is 0. The normalized spacial score (nSPS) is 14.3. The molecule has 2 heterocycles. The number of piperazine rings is 1. The quantitative estimate of drug-likeness (QED) is 0.397. The van der Waals surface area contributed by atoms with E-state index in [1.54, 1.807) is 0 Å². The van der Waals surface area contributed by atoms with E-state index in [2.05, 4.69) is 75.9 Å². The maximum atomic E-state index is 13.0. The van der Waals surface area contributed by atoms with E-state index in [0.717, 1.165) is 42.7 Å². The van der Waals surface area contributed by atoms with Gasteiger partial charge in [-0.3, -0.25) is 9.69 Å². The molecule has 6 heteroatoms. The summed E-state index contributed by atoms with van der Waals surface area (Å²) in [6.07, 6.45) is 0.341. The van der Waals surface area contributed by atoms with Crippen molar-refractivity contribution in [1.29, 1.82) is 0 Å². The third-order valence-electron chi connectivity index (χ3n) is 6.17. The van der Waals surface area contributed by atoms with Crippen molar-refractivity contribution in [3.63, 3.8) is 0 Å². The summed E-state index contributed by atoms with van der Waals surface area (Å²) >= 11 is 1.53. The van der Waals surface area contributed by atoms with E-state index < -0.39 is 0 Å². The zero-order chi connectivity index (χ0) is 23.2. The van der Waals surface area contributed by atoms with Crippen molar-refractivity contribution in [3.05, 3.63) is 113 Å². The number of anilines is 2. The molecule has 0 spiro atoms. The molecule has 1 aromatic heterocycles. The predicted octanol–water partition coefficient (Wildman–Crippen LogP) is 5.36. The van der Waals surface area contributed by atoms with Gasteiger partial charge < -0.3 is 10.2 Å². The minimum absolute atomic E-state index is 0.146. The first-order valence-electron chi connectivity index (χ1n) is 11.6. The van der Waals surface area contributed by atoms with Crippen molar-refractivity contribution < 1.29 is 4.79 Å². The van der Waals surface area contributed by atoms with E-state index in [1.165, 1.54) is 22.5 Å². The van der Waals surface area contributed by atoms with Gasteiger partial charge in [0.1, 0.15) is 0 Å². The monoisotopic (exact) mass is 468 g/mol. The fourth-order valence-corrected chi connectivity index (χ4v) is 5.20. The molecule has 5 nitrogen and oxygen atoms in total. The third-order valence-corrected chi connectivity index (χ3v) is 6.98. The van der Waals surface area contributed by atoms with Crippen molar-refractivity contribution in [2.24, 2.45) is 0 Å². The molecule has 1 aliphatic rings. The molecule has 0 aliphatic carbocycles. The lowest BCUT2D eigenvalue weighted by Crippen LogP contribution is -2.50. The molecule has 0 atom stereocenters. The van der Waals surface area contributed by atoms with Gasteiger partial charge >= 0.3 is 0 Å². The smallest absolute Gasteiger partial charge is 0.228 e. The van der Waals surface area contributed by atoms with E-state index >= 15 is 0 Å². The largest absolute Gasteiger partial charge is 0.340 e. The Kier molecular flexibility index (Phi) is 6.98. The molecular weight excluding hydrogens is 440 g/mol. The number of nitrogens with zero attached hydrogens (tertiary/aromatic N) is 3. The van der Waals surface area contributed by atoms with E-state index in [1.807, 2.05) is 40.6 Å². The lowest BCUT2D eigenvalue weighted by molar-refractivity contribution is -0.132. The fraction of sp³-hybridized carbons (Fsp3) is 0.214. The van der Waals surface area contributed by atoms with E-state index in [0.29, 0.717) is 6.42 Å². The maximum Gasteiger partial charge on any atom is 0.228 e. The Morgan fingerprint density at radius 1 is 0.824 bits per heavy atom. The van der Waals surface area contributed by atoms with Gasteiger partial charge in [-0.05, 0) is 23.3 Å². The van der Waals surface area contributed by atoms with E-state index in [4.69, 9.17) is 0 Å². The van der Waals surface area contributed by atoms with Crippen LogP contribution in [-0.2, 0) is 11.2 Å². The molecule has 0 saturated carbocycles. The van der Waals surface area contributed by atoms with Gasteiger partial charge in [-0.2, -0.15) is 0 Å². The lowest BCUT2D eigenvalue weighted by Gasteiger charge is -2.39. The second-order valence-electron chi connectivity index (χ2n) is 8.45. The van der Waals surface area contributed by atoms with Crippen LogP contribution in [0, 0.1) is 0 Å². The average molecular weight is 469 g/mol. The Morgan fingerprint density at radius 2 is 1.38 bits per heavy atom. The van der Waals surface area contributed by atoms with Crippen LogP contribution in [-0.4, -0.2) is 46.9 Å². The van der Waals surface area contributed by atoms with Crippen molar-refractivity contribution >= 4 is 28.1 Å². The highest BCUT2D eigenvalue weighted by atomic mass is 32.1. The van der Waals surface area contributed by atoms with Crippen molar-refractivity contribution in [1.82, 2.24) is 14.8 Å². The number of nitrogens with one attached hydrogen (secondary N) is 1. The Morgan fingerprint density at radius 3 is 1.97 bits per heavy atom. The van der Waals surface area contributed by atoms with Crippen LogP contribution in [0.2, 0.25) is 0 Å². The van der Waals surface area contributed by atoms with Gasteiger partial charge in [0.15, 0.2) is 5.13 Å². The molecule has 172 valence electrons. The average Bonchev–Trinajstić information content (AvgIpc) is 3.33. The summed E-state index contributed by atoms with van der Waals surface area (Å²) in [6.45, 7) is 3.15. The molecule has 0 bridgehead atoms. The van der Waals surface area contributed by atoms with Gasteiger partial charge in [0.05, 0.1) is 18.2 Å². The molecule has 1 fully saturated rings. The number of amides is 1. The van der Waals surface area contributed by atoms with Crippen LogP contribution < -0.4 is 5.32 Å². The van der Waals surface area contributed by atoms with Crippen LogP contribution in [0.5, 0.6) is 0 Å². The standard InChI is InChI=1S/C28H28N4OS/c33-26(20-25-21-34-28(30-25)29-24-14-8-3-9-15-24)31-16-18-32(19-17-31)27(22-10-4-1-5-11-22)23-12-6-2-7-13-23/h1-15,21,27H,16-20H2,(H,29,30). The first-order valence-corrected chi connectivity index (χ1v) is 12.5. The summed E-state index contributed by atoms with van der Waals surface area (Å²) in [5, 5.41) is 6.09. The molecule has 1 N–H and O–H groups in total. The van der Waals surface area contributed by atoms with Crippen molar-refractivity contribution in [3.8, 4) is 0 Å². The van der Waals surface area contributed by atoms with Gasteiger partial charge in [-0.1, -0.05) is 78.9 Å². The Balaban J connectivity index is 1.20. The Labute approximate surface area is 204 Å². The van der Waals surface area contributed by atoms with Crippen molar-refractivity contribution in [2.45, 2.75) is 12.5 Å². The molecule has 1 saturated heterocycles. The minimum Gasteiger partial charge on any atom is -0.340 e. The molecule has 0 unspecified atom stereocenters. The molecule has 5 rings (SSSR count). The highest BCUT2D eigenvalue weighted by molar-refractivity contribution is 7.13. The first kappa shape index (κ1) is 22.3. The summed E-state index contributed by atoms with van der Waals surface area (Å²) in [4.78, 5) is 22.1. The van der Waals surface area contributed by atoms with Gasteiger partial charge in [0.25, 0.3) is 0 Å². The number of aromatic nitrogens is 1. The number of benzene rings is 3. The first-order chi connectivity index (χ1) is 16.8. The van der Waals surface area contributed by atoms with Crippen LogP contribution in [0.15, 0.2) is 96.4 Å². The predicted molar refractivity (Wildman–Crippen MR) is 138 cm³/mol. The number of rotatable bonds is 7. The number of carbonyl (C=O) groups is 1. The second kappa shape index (κ2) is 10.6. The van der Waals surface area contributed by atoms with E-state index in [-0.39, 0.29) is 11.9 Å². The van der Waals surface area contributed by atoms with Crippen molar-refractivity contribution in [2.75, 3.05) is 31.5 Å². The van der Waals surface area contributed by atoms with Crippen LogP contribution in [0.1, 0.15) is 22.9 Å². The minimum atomic E-state index is 0.146. The number of para-hydroxylation sites is 1. The zero-order valence-corrected chi connectivity index (χ0v) is 19.8. The SMILES string of the molecule is O=C(Cc1csc(Nc2ccccc2)n1)N1CCN(C(c2ccccc2)c2ccccc2)CC1. The van der Waals surface area contributed by atoms with Crippen LogP contribution in [0.4, 0.5) is 10.8 Å². The molecular formula is C28H28N4OS. The number of hydrogen-bond acceptors (Lipinski definition) is 5. The fourth-order valence-electron chi connectivity index (χ4n) is 4.47. The van der Waals surface area contributed by atoms with E-state index in [9.17, 15) is 4.79 Å². The van der Waals surface area contributed by atoms with Gasteiger partial charge in [-0.25, -0.2) is 4.98 Å². The molecule has 4 aromatic rings. The number of hydrogen-bond donors (Lipinski definition) is 1. The Hall–Kier alpha value is -3.48. The highest BCUT2D eigenvalue weighted by Crippen LogP contribution is 2.29. The molecule has 1 aliphatic heterocycles. The molecule has 34 heavy (non-hydrogen) atoms. The van der Waals surface area contributed by atoms with Gasteiger partial charge in [0, 0.05) is 37.2 Å². The number of carbonyl (C=O) groups excluding carboxylic acids is 1. The summed E-state index contributed by atoms with van der Waals surface area (Å²) < 4.78 is 0. The summed E-state index contributed by atoms with van der Waals surface area (Å²) in [6, 6.07) is 31.4. The van der Waals surface area contributed by atoms with Gasteiger partial charge in [0.2, 0.25) is 5.91 Å². The van der Waals surface area contributed by atoms with Crippen LogP contribution >= 0.6 is 11.3 Å². The molecule has 3 aromatic carbocycles. The molecule has 1 amide bonds. The van der Waals surface area contributed by atoms with Crippen LogP contribution in [0.3, 0.4) is 0 Å². The van der Waals surface area contributed by atoms with Crippen LogP contribution in [0.25, 0.3) is 0 Å². The van der Waals surface area contributed by atoms with Gasteiger partial charge in [-0.15, -0.1) is 11.3 Å². The zero-order valence-electron chi connectivity index (χ0n) is 19.0. The lowest BCUT2D eigenvalue weighted by atomic mass is 9.96. The maximum absolute atomic E-state index is 13.0. The Bertz CT molecular complexity index is 1150. The summed E-state index contributed by atoms with van der Waals surface area (Å²) in [5.41, 5.74) is 4.39. The molecule has 0 radical (unpaired) electrons. The summed E-state index contributed by atoms with van der Waals surface area (Å²) in [5.74, 6) is 0.146. The second-order valence-corrected chi connectivity index (χ2v) is 9.31. The number of thiazole rings is 1. The highest BCUT2D eigenvalue weighted by Gasteiger charge is 2.28.